The molecule has 0 radical (unpaired) electrons. The van der Waals surface area contributed by atoms with Crippen molar-refractivity contribution in [2.45, 2.75) is 46.6 Å². The monoisotopic (exact) mass is 513 g/mol. The Kier molecular flexibility index (Phi) is 7.54. The molecule has 2 heterocycles. The summed E-state index contributed by atoms with van der Waals surface area (Å²) in [5, 5.41) is 11.8. The third-order valence-electron chi connectivity index (χ3n) is 6.55. The number of phenols is 1. The minimum Gasteiger partial charge on any atom is -0.505 e. The number of nitrogens with zero attached hydrogens (tertiary/aromatic N) is 2. The van der Waals surface area contributed by atoms with Crippen molar-refractivity contribution < 1.29 is 28.5 Å². The maximum atomic E-state index is 15.4. The van der Waals surface area contributed by atoms with E-state index in [0.717, 1.165) is 0 Å². The fourth-order valence-electron chi connectivity index (χ4n) is 4.69. The lowest BCUT2D eigenvalue weighted by Crippen LogP contribution is -2.36. The number of hydrogen-bond donors (Lipinski definition) is 2. The van der Waals surface area contributed by atoms with E-state index in [9.17, 15) is 9.90 Å². The van der Waals surface area contributed by atoms with Gasteiger partial charge in [-0.2, -0.15) is 0 Å². The van der Waals surface area contributed by atoms with Gasteiger partial charge in [-0.25, -0.2) is 4.39 Å². The number of rotatable bonds is 8. The van der Waals surface area contributed by atoms with E-state index in [0.29, 0.717) is 60.9 Å². The molecule has 1 aliphatic heterocycles. The molecule has 0 aliphatic carbocycles. The number of ether oxygens (including phenoxy) is 3. The molecule has 0 amide bonds. The maximum Gasteiger partial charge on any atom is 0.197 e. The zero-order valence-corrected chi connectivity index (χ0v) is 22.2. The minimum absolute atomic E-state index is 0.0103. The fourth-order valence-corrected chi connectivity index (χ4v) is 4.69. The van der Waals surface area contributed by atoms with Crippen LogP contribution in [0.2, 0.25) is 0 Å². The molecule has 3 aromatic rings. The maximum absolute atomic E-state index is 15.4. The summed E-state index contributed by atoms with van der Waals surface area (Å²) in [4.78, 5) is 15.6. The van der Waals surface area contributed by atoms with Gasteiger partial charge in [0, 0.05) is 35.8 Å². The highest BCUT2D eigenvalue weighted by atomic mass is 19.1. The van der Waals surface area contributed by atoms with Crippen LogP contribution in [0.25, 0.3) is 10.8 Å². The second-order valence-electron chi connectivity index (χ2n) is 10.2. The Morgan fingerprint density at radius 2 is 1.81 bits per heavy atom. The molecule has 4 rings (SSSR count). The van der Waals surface area contributed by atoms with Gasteiger partial charge in [-0.05, 0) is 37.5 Å². The first kappa shape index (κ1) is 26.6. The molecule has 3 N–H and O–H groups in total. The van der Waals surface area contributed by atoms with Crippen molar-refractivity contribution in [2.24, 2.45) is 0 Å². The first-order valence-corrected chi connectivity index (χ1v) is 12.7. The van der Waals surface area contributed by atoms with Gasteiger partial charge in [0.15, 0.2) is 23.1 Å². The molecule has 0 saturated carbocycles. The lowest BCUT2D eigenvalue weighted by molar-refractivity contribution is 0.0973. The summed E-state index contributed by atoms with van der Waals surface area (Å²) < 4.78 is 33.5. The number of carbonyl (C=O) groups is 1. The van der Waals surface area contributed by atoms with Crippen LogP contribution in [-0.2, 0) is 16.7 Å². The highest BCUT2D eigenvalue weighted by molar-refractivity contribution is 6.00. The van der Waals surface area contributed by atoms with Gasteiger partial charge in [0.25, 0.3) is 0 Å². The molecule has 37 heavy (non-hydrogen) atoms. The first-order valence-electron chi connectivity index (χ1n) is 12.7. The minimum atomic E-state index is -0.610. The predicted molar refractivity (Wildman–Crippen MR) is 143 cm³/mol. The van der Waals surface area contributed by atoms with Crippen LogP contribution in [0.1, 0.15) is 50.5 Å². The van der Waals surface area contributed by atoms with E-state index in [-0.39, 0.29) is 41.6 Å². The number of aromatic nitrogens is 1. The van der Waals surface area contributed by atoms with Gasteiger partial charge in [-0.1, -0.05) is 20.8 Å². The summed E-state index contributed by atoms with van der Waals surface area (Å²) in [6.45, 7) is 12.4. The smallest absolute Gasteiger partial charge is 0.197 e. The van der Waals surface area contributed by atoms with Crippen molar-refractivity contribution in [2.75, 3.05) is 50.2 Å². The van der Waals surface area contributed by atoms with Crippen molar-refractivity contribution >= 4 is 28.1 Å². The Morgan fingerprint density at radius 3 is 2.43 bits per heavy atom. The van der Waals surface area contributed by atoms with Crippen LogP contribution in [0.3, 0.4) is 0 Å². The lowest BCUT2D eigenvalue weighted by atomic mass is 9.84. The Bertz CT molecular complexity index is 1310. The van der Waals surface area contributed by atoms with E-state index in [1.54, 1.807) is 35.9 Å². The molecular formula is C28H36FN3O5. The Labute approximate surface area is 216 Å². The number of hydrogen-bond acceptors (Lipinski definition) is 7. The van der Waals surface area contributed by atoms with Crippen molar-refractivity contribution in [3.05, 3.63) is 41.3 Å². The molecule has 1 fully saturated rings. The van der Waals surface area contributed by atoms with Gasteiger partial charge in [-0.3, -0.25) is 4.79 Å². The van der Waals surface area contributed by atoms with E-state index in [2.05, 4.69) is 0 Å². The Hall–Kier alpha value is -3.46. The first-order chi connectivity index (χ1) is 17.6. The normalized spacial score (nSPS) is 14.3. The molecule has 0 spiro atoms. The Morgan fingerprint density at radius 1 is 1.14 bits per heavy atom. The van der Waals surface area contributed by atoms with Crippen LogP contribution in [-0.4, -0.2) is 55.0 Å². The summed E-state index contributed by atoms with van der Waals surface area (Å²) in [5.41, 5.74) is 7.69. The standard InChI is InChI=1S/C28H36FN3O5/c1-6-36-22-14-18-15-32(27(30)23(18)24(29)26(22)37-7-2)16-21(33)17-12-19(28(3,4)5)25(34)20(13-17)31-8-10-35-11-9-31/h12-15,34H,6-11,16,30H2,1-5H3. The number of nitrogens with two attached hydrogens (primary N) is 1. The third-order valence-corrected chi connectivity index (χ3v) is 6.55. The van der Waals surface area contributed by atoms with Gasteiger partial charge in [-0.15, -0.1) is 0 Å². The summed E-state index contributed by atoms with van der Waals surface area (Å²) in [6, 6.07) is 5.14. The number of Topliss-reactive ketones (excluding diaryl/α,β-unsaturated/α-hetero) is 1. The summed E-state index contributed by atoms with van der Waals surface area (Å²) >= 11 is 0. The number of benzene rings is 2. The van der Waals surface area contributed by atoms with E-state index in [1.807, 2.05) is 32.6 Å². The van der Waals surface area contributed by atoms with Crippen molar-refractivity contribution in [1.82, 2.24) is 4.57 Å². The molecule has 200 valence electrons. The summed E-state index contributed by atoms with van der Waals surface area (Å²) in [6.07, 6.45) is 1.65. The molecule has 1 aromatic heterocycles. The number of halogens is 1. The molecule has 8 nitrogen and oxygen atoms in total. The SMILES string of the molecule is CCOc1cc2cn(CC(=O)c3cc(N4CCOCC4)c(O)c(C(C)(C)C)c3)c(N)c2c(F)c1OCC. The fraction of sp³-hybridized carbons (Fsp3) is 0.464. The number of carbonyl (C=O) groups excluding carboxylic acids is 1. The summed E-state index contributed by atoms with van der Waals surface area (Å²) in [7, 11) is 0. The van der Waals surface area contributed by atoms with E-state index < -0.39 is 11.2 Å². The van der Waals surface area contributed by atoms with Gasteiger partial charge < -0.3 is 34.5 Å². The number of phenolic OH excluding ortho intramolecular Hbond substituents is 1. The van der Waals surface area contributed by atoms with Crippen molar-refractivity contribution in [3.8, 4) is 17.2 Å². The highest BCUT2D eigenvalue weighted by Gasteiger charge is 2.27. The van der Waals surface area contributed by atoms with E-state index >= 15 is 4.39 Å². The van der Waals surface area contributed by atoms with Crippen LogP contribution in [0, 0.1) is 5.82 Å². The molecule has 1 saturated heterocycles. The lowest BCUT2D eigenvalue weighted by Gasteiger charge is -2.32. The van der Waals surface area contributed by atoms with Crippen LogP contribution in [0.5, 0.6) is 17.2 Å². The zero-order valence-electron chi connectivity index (χ0n) is 22.2. The van der Waals surface area contributed by atoms with E-state index in [1.165, 1.54) is 0 Å². The number of anilines is 2. The molecule has 0 atom stereocenters. The molecule has 9 heteroatoms. The molecule has 2 aromatic carbocycles. The third kappa shape index (κ3) is 5.18. The quantitative estimate of drug-likeness (QED) is 0.414. The van der Waals surface area contributed by atoms with Crippen LogP contribution in [0.4, 0.5) is 15.9 Å². The average Bonchev–Trinajstić information content (AvgIpc) is 3.16. The highest BCUT2D eigenvalue weighted by Crippen LogP contribution is 2.41. The molecule has 1 aliphatic rings. The molecular weight excluding hydrogens is 477 g/mol. The number of morpholine rings is 1. The van der Waals surface area contributed by atoms with Gasteiger partial charge in [0.1, 0.15) is 11.6 Å². The van der Waals surface area contributed by atoms with Crippen LogP contribution < -0.4 is 20.1 Å². The summed E-state index contributed by atoms with van der Waals surface area (Å²) in [5.74, 6) is -0.208. The van der Waals surface area contributed by atoms with Gasteiger partial charge in [0.05, 0.1) is 44.0 Å². The average molecular weight is 514 g/mol. The number of fused-ring (bicyclic) bond motifs is 1. The molecule has 0 bridgehead atoms. The zero-order chi connectivity index (χ0) is 26.9. The number of nitrogen functional groups attached to an aromatic ring is 1. The van der Waals surface area contributed by atoms with Crippen molar-refractivity contribution in [1.29, 1.82) is 0 Å². The predicted octanol–water partition coefficient (Wildman–Crippen LogP) is 4.88. The second-order valence-corrected chi connectivity index (χ2v) is 10.2. The number of ketones is 1. The second kappa shape index (κ2) is 10.5. The van der Waals surface area contributed by atoms with E-state index in [4.69, 9.17) is 19.9 Å². The van der Waals surface area contributed by atoms with Crippen LogP contribution in [0.15, 0.2) is 24.4 Å². The van der Waals surface area contributed by atoms with Crippen molar-refractivity contribution in [3.63, 3.8) is 0 Å². The number of aromatic hydroxyl groups is 1. The Balaban J connectivity index is 1.75. The molecule has 0 unspecified atom stereocenters. The topological polar surface area (TPSA) is 99.2 Å². The van der Waals surface area contributed by atoms with Crippen LogP contribution >= 0.6 is 0 Å². The van der Waals surface area contributed by atoms with Gasteiger partial charge in [0.2, 0.25) is 0 Å². The largest absolute Gasteiger partial charge is 0.505 e. The van der Waals surface area contributed by atoms with Gasteiger partial charge >= 0.3 is 0 Å².